The topological polar surface area (TPSA) is 28.5 Å². The van der Waals surface area contributed by atoms with E-state index in [0.717, 1.165) is 0 Å². The smallest absolute Gasteiger partial charge is 1.00 e. The van der Waals surface area contributed by atoms with Gasteiger partial charge in [0.15, 0.2) is 0 Å². The van der Waals surface area contributed by atoms with E-state index < -0.39 is 0 Å². The minimum atomic E-state index is 0. The van der Waals surface area contributed by atoms with E-state index in [1.807, 2.05) is 0 Å². The van der Waals surface area contributed by atoms with Crippen molar-refractivity contribution in [3.05, 3.63) is 0 Å². The average molecular weight is 274 g/mol. The van der Waals surface area contributed by atoms with Gasteiger partial charge < -0.3 is 5.48 Å². The van der Waals surface area contributed by atoms with E-state index >= 15 is 0 Å². The van der Waals surface area contributed by atoms with Gasteiger partial charge in [0.05, 0.1) is 0 Å². The molecule has 0 unspecified atom stereocenters. The van der Waals surface area contributed by atoms with Crippen LogP contribution in [0.5, 0.6) is 0 Å². The number of hydrogen-bond acceptors (Lipinski definition) is 0. The van der Waals surface area contributed by atoms with Crippen molar-refractivity contribution in [3.63, 3.8) is 0 Å². The SMILES string of the molecule is CCCCCCCCCCC[CH2][Zn+].[Na+].[O-2]. The molecule has 0 aliphatic heterocycles. The third kappa shape index (κ3) is 21.4. The fraction of sp³-hybridized carbons (Fsp3) is 1.00. The Labute approximate surface area is 128 Å². The fourth-order valence-electron chi connectivity index (χ4n) is 1.66. The van der Waals surface area contributed by atoms with Crippen molar-refractivity contribution < 1.29 is 53.3 Å². The molecule has 0 spiro atoms. The quantitative estimate of drug-likeness (QED) is 0.429. The van der Waals surface area contributed by atoms with Crippen LogP contribution in [0.15, 0.2) is 0 Å². The first-order valence-electron chi connectivity index (χ1n) is 6.21. The Bertz CT molecular complexity index is 81.7. The molecule has 1 nitrogen and oxygen atoms in total. The van der Waals surface area contributed by atoms with Crippen molar-refractivity contribution in [2.75, 3.05) is 0 Å². The molecule has 0 N–H and O–H groups in total. The van der Waals surface area contributed by atoms with Crippen LogP contribution in [0.25, 0.3) is 0 Å². The Morgan fingerprint density at radius 2 is 1.00 bits per heavy atom. The normalized spacial score (nSPS) is 9.27. The third-order valence-electron chi connectivity index (χ3n) is 2.60. The van der Waals surface area contributed by atoms with Gasteiger partial charge in [0.2, 0.25) is 0 Å². The van der Waals surface area contributed by atoms with Gasteiger partial charge in [-0.1, -0.05) is 0 Å². The predicted octanol–water partition coefficient (Wildman–Crippen LogP) is 1.76. The van der Waals surface area contributed by atoms with E-state index in [2.05, 4.69) is 6.92 Å². The molecule has 82 valence electrons. The first-order valence-corrected chi connectivity index (χ1v) is 8.31. The van der Waals surface area contributed by atoms with E-state index in [9.17, 15) is 0 Å². The molecule has 0 aliphatic rings. The van der Waals surface area contributed by atoms with Gasteiger partial charge in [-0.25, -0.2) is 0 Å². The van der Waals surface area contributed by atoms with Gasteiger partial charge in [0.1, 0.15) is 0 Å². The van der Waals surface area contributed by atoms with E-state index in [0.29, 0.717) is 0 Å². The zero-order valence-electron chi connectivity index (χ0n) is 10.9. The number of rotatable bonds is 10. The van der Waals surface area contributed by atoms with Gasteiger partial charge >= 0.3 is 124 Å². The molecule has 3 heteroatoms. The van der Waals surface area contributed by atoms with Crippen LogP contribution in [0.3, 0.4) is 0 Å². The predicted molar refractivity (Wildman–Crippen MR) is 57.3 cm³/mol. The Hall–Kier alpha value is 1.58. The van der Waals surface area contributed by atoms with Gasteiger partial charge in [-0.15, -0.1) is 0 Å². The molecule has 0 saturated carbocycles. The van der Waals surface area contributed by atoms with Crippen LogP contribution in [-0.2, 0) is 23.8 Å². The van der Waals surface area contributed by atoms with Crippen LogP contribution in [-0.4, -0.2) is 0 Å². The summed E-state index contributed by atoms with van der Waals surface area (Å²) >= 11 is 1.50. The summed E-state index contributed by atoms with van der Waals surface area (Å²) in [5.74, 6) is 0. The second kappa shape index (κ2) is 20.9. The summed E-state index contributed by atoms with van der Waals surface area (Å²) in [6, 6.07) is 0. The van der Waals surface area contributed by atoms with Crippen molar-refractivity contribution in [1.82, 2.24) is 0 Å². The second-order valence-electron chi connectivity index (χ2n) is 4.04. The van der Waals surface area contributed by atoms with E-state index in [-0.39, 0.29) is 35.0 Å². The van der Waals surface area contributed by atoms with Crippen LogP contribution in [0.2, 0.25) is 5.02 Å². The molecule has 0 aliphatic carbocycles. The summed E-state index contributed by atoms with van der Waals surface area (Å²) in [6.45, 7) is 2.29. The largest absolute Gasteiger partial charge is 2.00 e. The van der Waals surface area contributed by atoms with Gasteiger partial charge in [0, 0.05) is 0 Å². The standard InChI is InChI=1S/C12H25.Na.O.Zn/c1-3-5-7-9-11-12-10-8-6-4-2;;;/h1,3-12H2,2H3;;;/q;+1;-2;+1. The Kier molecular flexibility index (Phi) is 30.5. The van der Waals surface area contributed by atoms with E-state index in [4.69, 9.17) is 0 Å². The van der Waals surface area contributed by atoms with Crippen LogP contribution in [0, 0.1) is 0 Å². The molecule has 0 bridgehead atoms. The van der Waals surface area contributed by atoms with Crippen molar-refractivity contribution >= 4 is 0 Å². The van der Waals surface area contributed by atoms with Crippen molar-refractivity contribution in [2.45, 2.75) is 76.1 Å². The zero-order valence-corrected chi connectivity index (χ0v) is 15.9. The Morgan fingerprint density at radius 1 is 0.667 bits per heavy atom. The molecule has 0 atom stereocenters. The van der Waals surface area contributed by atoms with E-state index in [1.54, 1.807) is 0 Å². The molecule has 0 radical (unpaired) electrons. The minimum absolute atomic E-state index is 0. The molecule has 0 aromatic heterocycles. The molecule has 0 heterocycles. The van der Waals surface area contributed by atoms with Crippen molar-refractivity contribution in [1.29, 1.82) is 0 Å². The molecule has 0 aromatic rings. The van der Waals surface area contributed by atoms with Crippen LogP contribution < -0.4 is 29.6 Å². The maximum absolute atomic E-state index is 2.29. The summed E-state index contributed by atoms with van der Waals surface area (Å²) in [7, 11) is 0. The minimum Gasteiger partial charge on any atom is -2.00 e. The van der Waals surface area contributed by atoms with Gasteiger partial charge in [0.25, 0.3) is 0 Å². The number of unbranched alkanes of at least 4 members (excludes halogenated alkanes) is 9. The molecule has 0 fully saturated rings. The van der Waals surface area contributed by atoms with Gasteiger partial charge in [-0.2, -0.15) is 0 Å². The van der Waals surface area contributed by atoms with Crippen molar-refractivity contribution in [3.8, 4) is 0 Å². The molecule has 0 amide bonds. The monoisotopic (exact) mass is 272 g/mol. The van der Waals surface area contributed by atoms with Gasteiger partial charge in [-0.05, 0) is 0 Å². The molecular formula is C12H25NaOZn. The van der Waals surface area contributed by atoms with Crippen LogP contribution >= 0.6 is 0 Å². The van der Waals surface area contributed by atoms with Crippen LogP contribution in [0.1, 0.15) is 71.1 Å². The molecule has 15 heavy (non-hydrogen) atoms. The molecule has 0 rings (SSSR count). The Balaban J connectivity index is -0.000000720. The summed E-state index contributed by atoms with van der Waals surface area (Å²) in [5.41, 5.74) is 0. The summed E-state index contributed by atoms with van der Waals surface area (Å²) in [4.78, 5) is 0. The Morgan fingerprint density at radius 3 is 1.33 bits per heavy atom. The fourth-order valence-corrected chi connectivity index (χ4v) is 2.41. The van der Waals surface area contributed by atoms with E-state index in [1.165, 1.54) is 87.5 Å². The van der Waals surface area contributed by atoms with Crippen LogP contribution in [0.4, 0.5) is 0 Å². The van der Waals surface area contributed by atoms with Crippen molar-refractivity contribution in [2.24, 2.45) is 0 Å². The third-order valence-corrected chi connectivity index (χ3v) is 3.65. The molecular weight excluding hydrogens is 249 g/mol. The first-order chi connectivity index (χ1) is 6.41. The summed E-state index contributed by atoms with van der Waals surface area (Å²) in [5, 5.41) is 1.50. The summed E-state index contributed by atoms with van der Waals surface area (Å²) < 4.78 is 0. The first kappa shape index (κ1) is 21.8. The second-order valence-corrected chi connectivity index (χ2v) is 5.52. The molecule has 0 aromatic carbocycles. The maximum Gasteiger partial charge on any atom is 1.00 e. The maximum atomic E-state index is 2.29. The van der Waals surface area contributed by atoms with Gasteiger partial charge in [-0.3, -0.25) is 0 Å². The average Bonchev–Trinajstić information content (AvgIpc) is 2.16. The zero-order chi connectivity index (χ0) is 9.78. The molecule has 0 saturated heterocycles. The number of hydrogen-bond donors (Lipinski definition) is 0. The summed E-state index contributed by atoms with van der Waals surface area (Å²) in [6.07, 6.45) is 14.7.